The van der Waals surface area contributed by atoms with Crippen LogP contribution in [-0.2, 0) is 0 Å². The van der Waals surface area contributed by atoms with Crippen molar-refractivity contribution in [2.24, 2.45) is 5.92 Å². The van der Waals surface area contributed by atoms with Crippen molar-refractivity contribution in [1.29, 1.82) is 0 Å². The molecule has 2 aromatic rings. The van der Waals surface area contributed by atoms with Crippen molar-refractivity contribution in [3.05, 3.63) is 65.5 Å². The molecule has 0 aliphatic carbocycles. The summed E-state index contributed by atoms with van der Waals surface area (Å²) in [6.07, 6.45) is 1.61. The molecule has 3 atom stereocenters. The summed E-state index contributed by atoms with van der Waals surface area (Å²) >= 11 is 0. The second kappa shape index (κ2) is 10.9. The monoisotopic (exact) mass is 415 g/mol. The molecule has 2 N–H and O–H groups in total. The number of benzene rings is 2. The molecular formula is C25H34FNO3. The first-order chi connectivity index (χ1) is 14.5. The van der Waals surface area contributed by atoms with Crippen LogP contribution in [0.5, 0.6) is 5.75 Å². The summed E-state index contributed by atoms with van der Waals surface area (Å²) < 4.78 is 19.0. The van der Waals surface area contributed by atoms with Crippen molar-refractivity contribution >= 4 is 0 Å². The molecule has 5 heteroatoms. The summed E-state index contributed by atoms with van der Waals surface area (Å²) in [5, 5.41) is 21.1. The third kappa shape index (κ3) is 6.03. The summed E-state index contributed by atoms with van der Waals surface area (Å²) in [7, 11) is 0. The molecule has 2 aromatic carbocycles. The minimum Gasteiger partial charge on any atom is -0.491 e. The van der Waals surface area contributed by atoms with Crippen molar-refractivity contribution in [3.8, 4) is 5.75 Å². The van der Waals surface area contributed by atoms with E-state index in [0.717, 1.165) is 43.7 Å². The summed E-state index contributed by atoms with van der Waals surface area (Å²) in [6.45, 7) is 6.82. The number of para-hydroxylation sites is 1. The lowest BCUT2D eigenvalue weighted by Crippen LogP contribution is -2.41. The molecule has 0 saturated carbocycles. The smallest absolute Gasteiger partial charge is 0.123 e. The van der Waals surface area contributed by atoms with Crippen LogP contribution in [0, 0.1) is 11.7 Å². The summed E-state index contributed by atoms with van der Waals surface area (Å²) in [5.41, 5.74) is 1.95. The molecule has 4 nitrogen and oxygen atoms in total. The van der Waals surface area contributed by atoms with Crippen LogP contribution in [0.15, 0.2) is 48.5 Å². The number of β-amino-alcohol motifs (C(OH)–C–C–N with tert-alkyl or cyclic N) is 1. The van der Waals surface area contributed by atoms with Crippen molar-refractivity contribution in [2.75, 3.05) is 26.2 Å². The fraction of sp³-hybridized carbons (Fsp3) is 0.520. The van der Waals surface area contributed by atoms with Crippen molar-refractivity contribution in [2.45, 2.75) is 51.2 Å². The van der Waals surface area contributed by atoms with Crippen LogP contribution in [0.3, 0.4) is 0 Å². The highest BCUT2D eigenvalue weighted by atomic mass is 19.1. The lowest BCUT2D eigenvalue weighted by molar-refractivity contribution is 0.0277. The predicted molar refractivity (Wildman–Crippen MR) is 117 cm³/mol. The average molecular weight is 416 g/mol. The molecule has 164 valence electrons. The number of piperidine rings is 1. The number of rotatable bonds is 9. The number of nitrogens with zero attached hydrogens (tertiary/aromatic N) is 1. The van der Waals surface area contributed by atoms with Gasteiger partial charge in [-0.05, 0) is 73.5 Å². The van der Waals surface area contributed by atoms with E-state index in [4.69, 9.17) is 4.74 Å². The van der Waals surface area contributed by atoms with Crippen molar-refractivity contribution < 1.29 is 19.3 Å². The largest absolute Gasteiger partial charge is 0.491 e. The van der Waals surface area contributed by atoms with Crippen LogP contribution in [0.4, 0.5) is 4.39 Å². The Kier molecular flexibility index (Phi) is 8.25. The van der Waals surface area contributed by atoms with Gasteiger partial charge in [0, 0.05) is 6.54 Å². The normalized spacial score (nSPS) is 18.7. The Labute approximate surface area is 179 Å². The molecule has 1 aliphatic rings. The van der Waals surface area contributed by atoms with E-state index in [-0.39, 0.29) is 18.3 Å². The Hall–Kier alpha value is -1.95. The van der Waals surface area contributed by atoms with Gasteiger partial charge in [-0.15, -0.1) is 0 Å². The fourth-order valence-electron chi connectivity index (χ4n) is 4.16. The molecule has 1 aliphatic heterocycles. The number of aliphatic hydroxyl groups is 2. The quantitative estimate of drug-likeness (QED) is 0.632. The van der Waals surface area contributed by atoms with Crippen LogP contribution in [0.2, 0.25) is 0 Å². The molecular weight excluding hydrogens is 381 g/mol. The van der Waals surface area contributed by atoms with E-state index in [2.05, 4.69) is 24.8 Å². The maximum atomic E-state index is 13.1. The van der Waals surface area contributed by atoms with Gasteiger partial charge in [0.05, 0.1) is 6.10 Å². The van der Waals surface area contributed by atoms with Crippen molar-refractivity contribution in [1.82, 2.24) is 4.90 Å². The van der Waals surface area contributed by atoms with Crippen molar-refractivity contribution in [3.63, 3.8) is 0 Å². The molecule has 0 aromatic heterocycles. The fourth-order valence-corrected chi connectivity index (χ4v) is 4.16. The van der Waals surface area contributed by atoms with Gasteiger partial charge < -0.3 is 19.8 Å². The number of hydrogen-bond donors (Lipinski definition) is 2. The molecule has 0 bridgehead atoms. The lowest BCUT2D eigenvalue weighted by atomic mass is 9.87. The van der Waals surface area contributed by atoms with Crippen LogP contribution in [-0.4, -0.2) is 47.5 Å². The summed E-state index contributed by atoms with van der Waals surface area (Å²) in [6, 6.07) is 14.1. The zero-order valence-electron chi connectivity index (χ0n) is 18.0. The first-order valence-electron chi connectivity index (χ1n) is 11.0. The van der Waals surface area contributed by atoms with Gasteiger partial charge in [-0.25, -0.2) is 4.39 Å². The zero-order chi connectivity index (χ0) is 21.5. The van der Waals surface area contributed by atoms with E-state index in [9.17, 15) is 14.6 Å². The Morgan fingerprint density at radius 2 is 1.73 bits per heavy atom. The zero-order valence-corrected chi connectivity index (χ0v) is 18.0. The van der Waals surface area contributed by atoms with Crippen LogP contribution in [0.1, 0.15) is 56.3 Å². The highest BCUT2D eigenvalue weighted by Crippen LogP contribution is 2.31. The van der Waals surface area contributed by atoms with E-state index >= 15 is 0 Å². The number of halogens is 1. The van der Waals surface area contributed by atoms with E-state index < -0.39 is 12.2 Å². The molecule has 0 radical (unpaired) electrons. The Morgan fingerprint density at radius 3 is 2.40 bits per heavy atom. The number of ether oxygens (including phenoxy) is 1. The maximum absolute atomic E-state index is 13.1. The molecule has 1 fully saturated rings. The van der Waals surface area contributed by atoms with Gasteiger partial charge in [-0.1, -0.05) is 44.2 Å². The third-order valence-corrected chi connectivity index (χ3v) is 6.25. The number of likely N-dealkylation sites (tertiary alicyclic amines) is 1. The molecule has 3 rings (SSSR count). The van der Waals surface area contributed by atoms with E-state index in [0.29, 0.717) is 12.5 Å². The maximum Gasteiger partial charge on any atom is 0.123 e. The van der Waals surface area contributed by atoms with E-state index in [1.807, 2.05) is 18.2 Å². The van der Waals surface area contributed by atoms with Gasteiger partial charge in [0.15, 0.2) is 0 Å². The topological polar surface area (TPSA) is 52.9 Å². The Morgan fingerprint density at radius 1 is 1.07 bits per heavy atom. The van der Waals surface area contributed by atoms with Gasteiger partial charge in [0.1, 0.15) is 24.3 Å². The Balaban J connectivity index is 1.44. The van der Waals surface area contributed by atoms with Gasteiger partial charge in [0.2, 0.25) is 0 Å². The second-order valence-electron chi connectivity index (χ2n) is 8.45. The molecule has 0 spiro atoms. The van der Waals surface area contributed by atoms with Crippen LogP contribution < -0.4 is 4.74 Å². The molecule has 3 unspecified atom stereocenters. The van der Waals surface area contributed by atoms with Gasteiger partial charge >= 0.3 is 0 Å². The molecule has 1 saturated heterocycles. The van der Waals surface area contributed by atoms with Gasteiger partial charge in [0.25, 0.3) is 0 Å². The summed E-state index contributed by atoms with van der Waals surface area (Å²) in [4.78, 5) is 2.22. The van der Waals surface area contributed by atoms with E-state index in [1.54, 1.807) is 12.1 Å². The SMILES string of the molecule is CCC(C)c1ccccc1OCC(O)CN1CCC(C(O)c2ccc(F)cc2)CC1. The van der Waals surface area contributed by atoms with Gasteiger partial charge in [-0.2, -0.15) is 0 Å². The highest BCUT2D eigenvalue weighted by Gasteiger charge is 2.27. The predicted octanol–water partition coefficient (Wildman–Crippen LogP) is 4.52. The Bertz CT molecular complexity index is 774. The highest BCUT2D eigenvalue weighted by molar-refractivity contribution is 5.35. The lowest BCUT2D eigenvalue weighted by Gasteiger charge is -2.35. The van der Waals surface area contributed by atoms with E-state index in [1.165, 1.54) is 17.7 Å². The summed E-state index contributed by atoms with van der Waals surface area (Å²) in [5.74, 6) is 1.14. The molecule has 30 heavy (non-hydrogen) atoms. The first kappa shape index (κ1) is 22.7. The first-order valence-corrected chi connectivity index (χ1v) is 11.0. The molecule has 1 heterocycles. The minimum absolute atomic E-state index is 0.155. The standard InChI is InChI=1S/C25H34FNO3/c1-3-18(2)23-6-4-5-7-24(23)30-17-22(28)16-27-14-12-20(13-15-27)25(29)19-8-10-21(26)11-9-19/h4-11,18,20,22,25,28-29H,3,12-17H2,1-2H3. The third-order valence-electron chi connectivity index (χ3n) is 6.25. The van der Waals surface area contributed by atoms with Crippen LogP contribution in [0.25, 0.3) is 0 Å². The second-order valence-corrected chi connectivity index (χ2v) is 8.45. The molecule has 0 amide bonds. The average Bonchev–Trinajstić information content (AvgIpc) is 2.78. The minimum atomic E-state index is -0.571. The number of hydrogen-bond acceptors (Lipinski definition) is 4. The van der Waals surface area contributed by atoms with Gasteiger partial charge in [-0.3, -0.25) is 0 Å². The number of aliphatic hydroxyl groups excluding tert-OH is 2. The van der Waals surface area contributed by atoms with Crippen LogP contribution >= 0.6 is 0 Å².